The average molecular weight is 504 g/mol. The lowest BCUT2D eigenvalue weighted by Crippen LogP contribution is -2.49. The van der Waals surface area contributed by atoms with E-state index in [0.717, 1.165) is 18.2 Å². The molecule has 1 unspecified atom stereocenters. The molecule has 0 aliphatic rings. The molecule has 1 N–H and O–H groups in total. The summed E-state index contributed by atoms with van der Waals surface area (Å²) in [4.78, 5) is 27.4. The highest BCUT2D eigenvalue weighted by molar-refractivity contribution is 7.92. The molecule has 0 fully saturated rings. The molecular weight excluding hydrogens is 466 g/mol. The zero-order valence-electron chi connectivity index (χ0n) is 21.1. The molecule has 0 bridgehead atoms. The van der Waals surface area contributed by atoms with Crippen LogP contribution in [0.15, 0.2) is 54.6 Å². The van der Waals surface area contributed by atoms with Crippen LogP contribution in [0.1, 0.15) is 38.7 Å². The standard InChI is InChI=1S/C26H37N3O5S/c1-5-18-27-26(31)21(2)28(20-17-22-10-7-6-8-11-22)25(30)12-9-19-29(35(4,32)33)23-13-15-24(34-3)16-14-23/h6-8,10-11,13-16,21H,5,9,12,17-20H2,1-4H3,(H,27,31). The molecule has 0 spiro atoms. The normalized spacial score (nSPS) is 12.0. The van der Waals surface area contributed by atoms with Crippen molar-refractivity contribution in [1.29, 1.82) is 0 Å². The summed E-state index contributed by atoms with van der Waals surface area (Å²) >= 11 is 0. The number of amides is 2. The third-order valence-electron chi connectivity index (χ3n) is 5.71. The highest BCUT2D eigenvalue weighted by Crippen LogP contribution is 2.22. The minimum atomic E-state index is -3.54. The maximum atomic E-state index is 13.2. The molecule has 0 aliphatic carbocycles. The van der Waals surface area contributed by atoms with Gasteiger partial charge in [0.2, 0.25) is 21.8 Å². The summed E-state index contributed by atoms with van der Waals surface area (Å²) in [5.41, 5.74) is 1.59. The number of hydrogen-bond donors (Lipinski definition) is 1. The maximum Gasteiger partial charge on any atom is 0.242 e. The van der Waals surface area contributed by atoms with Gasteiger partial charge in [0.1, 0.15) is 11.8 Å². The summed E-state index contributed by atoms with van der Waals surface area (Å²) in [7, 11) is -1.99. The van der Waals surface area contributed by atoms with Gasteiger partial charge in [-0.3, -0.25) is 13.9 Å². The Kier molecular flexibility index (Phi) is 11.0. The monoisotopic (exact) mass is 503 g/mol. The largest absolute Gasteiger partial charge is 0.497 e. The zero-order chi connectivity index (χ0) is 25.8. The van der Waals surface area contributed by atoms with E-state index in [1.54, 1.807) is 43.2 Å². The number of benzene rings is 2. The molecule has 2 aromatic rings. The number of methoxy groups -OCH3 is 1. The van der Waals surface area contributed by atoms with Gasteiger partial charge < -0.3 is 15.0 Å². The van der Waals surface area contributed by atoms with Crippen LogP contribution in [0.25, 0.3) is 0 Å². The number of anilines is 1. The quantitative estimate of drug-likeness (QED) is 0.427. The van der Waals surface area contributed by atoms with Gasteiger partial charge in [-0.1, -0.05) is 37.3 Å². The van der Waals surface area contributed by atoms with E-state index in [4.69, 9.17) is 4.74 Å². The van der Waals surface area contributed by atoms with Crippen molar-refractivity contribution in [3.05, 3.63) is 60.2 Å². The van der Waals surface area contributed by atoms with Crippen LogP contribution < -0.4 is 14.4 Å². The molecule has 9 heteroatoms. The van der Waals surface area contributed by atoms with E-state index in [9.17, 15) is 18.0 Å². The van der Waals surface area contributed by atoms with E-state index >= 15 is 0 Å². The Balaban J connectivity index is 2.08. The van der Waals surface area contributed by atoms with E-state index in [1.165, 1.54) is 4.31 Å². The van der Waals surface area contributed by atoms with Gasteiger partial charge >= 0.3 is 0 Å². The van der Waals surface area contributed by atoms with Crippen LogP contribution in [0.5, 0.6) is 5.75 Å². The molecule has 0 saturated heterocycles. The fraction of sp³-hybridized carbons (Fsp3) is 0.462. The third kappa shape index (κ3) is 8.90. The molecule has 0 radical (unpaired) electrons. The predicted octanol–water partition coefficient (Wildman–Crippen LogP) is 3.23. The smallest absolute Gasteiger partial charge is 0.242 e. The second-order valence-electron chi connectivity index (χ2n) is 8.43. The van der Waals surface area contributed by atoms with Crippen LogP contribution >= 0.6 is 0 Å². The number of nitrogens with zero attached hydrogens (tertiary/aromatic N) is 2. The Hall–Kier alpha value is -3.07. The van der Waals surface area contributed by atoms with Gasteiger partial charge in [-0.15, -0.1) is 0 Å². The Morgan fingerprint density at radius 2 is 1.69 bits per heavy atom. The summed E-state index contributed by atoms with van der Waals surface area (Å²) in [6, 6.07) is 15.9. The van der Waals surface area contributed by atoms with Gasteiger partial charge in [-0.2, -0.15) is 0 Å². The minimum absolute atomic E-state index is 0.127. The van der Waals surface area contributed by atoms with E-state index < -0.39 is 16.1 Å². The predicted molar refractivity (Wildman–Crippen MR) is 139 cm³/mol. The van der Waals surface area contributed by atoms with Crippen molar-refractivity contribution in [2.45, 2.75) is 45.6 Å². The van der Waals surface area contributed by atoms with E-state index in [1.807, 2.05) is 37.3 Å². The Morgan fingerprint density at radius 1 is 1.03 bits per heavy atom. The van der Waals surface area contributed by atoms with Gasteiger partial charge in [0.25, 0.3) is 0 Å². The summed E-state index contributed by atoms with van der Waals surface area (Å²) in [5, 5.41) is 2.86. The van der Waals surface area contributed by atoms with Gasteiger partial charge in [-0.25, -0.2) is 8.42 Å². The number of ether oxygens (including phenoxy) is 1. The number of sulfonamides is 1. The lowest BCUT2D eigenvalue weighted by molar-refractivity contribution is -0.139. The second-order valence-corrected chi connectivity index (χ2v) is 10.3. The molecule has 1 atom stereocenters. The summed E-state index contributed by atoms with van der Waals surface area (Å²) in [6.45, 7) is 4.81. The van der Waals surface area contributed by atoms with Gasteiger partial charge in [0, 0.05) is 26.1 Å². The van der Waals surface area contributed by atoms with Crippen molar-refractivity contribution in [1.82, 2.24) is 10.2 Å². The molecule has 192 valence electrons. The van der Waals surface area contributed by atoms with Crippen molar-refractivity contribution in [2.75, 3.05) is 37.3 Å². The van der Waals surface area contributed by atoms with E-state index in [-0.39, 0.29) is 24.8 Å². The van der Waals surface area contributed by atoms with Crippen LogP contribution in [-0.4, -0.2) is 64.2 Å². The van der Waals surface area contributed by atoms with Crippen molar-refractivity contribution >= 4 is 27.5 Å². The molecule has 8 nitrogen and oxygen atoms in total. The van der Waals surface area contributed by atoms with Gasteiger partial charge in [0.05, 0.1) is 19.1 Å². The van der Waals surface area contributed by atoms with Crippen molar-refractivity contribution in [3.63, 3.8) is 0 Å². The van der Waals surface area contributed by atoms with E-state index in [2.05, 4.69) is 5.32 Å². The number of nitrogens with one attached hydrogen (secondary N) is 1. The number of hydrogen-bond acceptors (Lipinski definition) is 5. The second kappa shape index (κ2) is 13.7. The highest BCUT2D eigenvalue weighted by Gasteiger charge is 2.26. The SMILES string of the molecule is CCCNC(=O)C(C)N(CCc1ccccc1)C(=O)CCCN(c1ccc(OC)cc1)S(C)(=O)=O. The zero-order valence-corrected chi connectivity index (χ0v) is 21.9. The molecule has 0 aromatic heterocycles. The number of carbonyl (C=O) groups is 2. The summed E-state index contributed by atoms with van der Waals surface area (Å²) in [5.74, 6) is 0.259. The van der Waals surface area contributed by atoms with E-state index in [0.29, 0.717) is 37.4 Å². The Bertz CT molecular complexity index is 1040. The van der Waals surface area contributed by atoms with Crippen molar-refractivity contribution < 1.29 is 22.7 Å². The third-order valence-corrected chi connectivity index (χ3v) is 6.91. The lowest BCUT2D eigenvalue weighted by atomic mass is 10.1. The number of rotatable bonds is 14. The van der Waals surface area contributed by atoms with Gasteiger partial charge in [0.15, 0.2) is 0 Å². The summed E-state index contributed by atoms with van der Waals surface area (Å²) in [6.07, 6.45) is 3.03. The molecular formula is C26H37N3O5S. The maximum absolute atomic E-state index is 13.2. The molecule has 2 amide bonds. The first-order chi connectivity index (χ1) is 16.7. The minimum Gasteiger partial charge on any atom is -0.497 e. The topological polar surface area (TPSA) is 96.0 Å². The van der Waals surface area contributed by atoms with Crippen LogP contribution in [-0.2, 0) is 26.0 Å². The molecule has 2 rings (SSSR count). The highest BCUT2D eigenvalue weighted by atomic mass is 32.2. The van der Waals surface area contributed by atoms with Crippen LogP contribution in [0.3, 0.4) is 0 Å². The average Bonchev–Trinajstić information content (AvgIpc) is 2.85. The molecule has 0 saturated carbocycles. The van der Waals surface area contributed by atoms with Crippen LogP contribution in [0.2, 0.25) is 0 Å². The van der Waals surface area contributed by atoms with Gasteiger partial charge in [-0.05, 0) is 56.0 Å². The fourth-order valence-corrected chi connectivity index (χ4v) is 4.68. The molecule has 35 heavy (non-hydrogen) atoms. The first kappa shape index (κ1) is 28.2. The van der Waals surface area contributed by atoms with Crippen LogP contribution in [0, 0.1) is 0 Å². The fourth-order valence-electron chi connectivity index (χ4n) is 3.72. The van der Waals surface area contributed by atoms with Crippen LogP contribution in [0.4, 0.5) is 5.69 Å². The Morgan fingerprint density at radius 3 is 2.26 bits per heavy atom. The van der Waals surface area contributed by atoms with Crippen molar-refractivity contribution in [3.8, 4) is 5.75 Å². The first-order valence-corrected chi connectivity index (χ1v) is 13.7. The first-order valence-electron chi connectivity index (χ1n) is 11.9. The Labute approximate surface area is 209 Å². The van der Waals surface area contributed by atoms with Crippen molar-refractivity contribution in [2.24, 2.45) is 0 Å². The number of carbonyl (C=O) groups excluding carboxylic acids is 2. The summed E-state index contributed by atoms with van der Waals surface area (Å²) < 4.78 is 31.2. The lowest BCUT2D eigenvalue weighted by Gasteiger charge is -2.29. The molecule has 2 aromatic carbocycles. The molecule has 0 heterocycles. The molecule has 0 aliphatic heterocycles.